The summed E-state index contributed by atoms with van der Waals surface area (Å²) in [6, 6.07) is 30.6. The maximum absolute atomic E-state index is 6.58. The summed E-state index contributed by atoms with van der Waals surface area (Å²) < 4.78 is 29.8. The van der Waals surface area contributed by atoms with Crippen molar-refractivity contribution in [3.05, 3.63) is 126 Å². The molecule has 3 aromatic carbocycles. The monoisotopic (exact) mass is 485 g/mol. The van der Waals surface area contributed by atoms with Gasteiger partial charge in [-0.05, 0) is 16.7 Å². The van der Waals surface area contributed by atoms with E-state index in [1.165, 1.54) is 0 Å². The van der Waals surface area contributed by atoms with Crippen LogP contribution in [0.5, 0.6) is 0 Å². The van der Waals surface area contributed by atoms with E-state index >= 15 is 0 Å². The average molecular weight is 486 g/mol. The van der Waals surface area contributed by atoms with Crippen LogP contribution in [0, 0.1) is 0 Å². The molecule has 5 rings (SSSR count). The van der Waals surface area contributed by atoms with Crippen LogP contribution in [-0.2, 0) is 45.8 Å². The summed E-state index contributed by atoms with van der Waals surface area (Å²) in [4.78, 5) is 0. The number of aryl methyl sites for hydroxylation is 1. The van der Waals surface area contributed by atoms with Gasteiger partial charge in [-0.25, -0.2) is 9.13 Å². The minimum absolute atomic E-state index is 0.282. The molecule has 0 radical (unpaired) electrons. The third-order valence-corrected chi connectivity index (χ3v) is 6.33. The molecule has 36 heavy (non-hydrogen) atoms. The van der Waals surface area contributed by atoms with Gasteiger partial charge in [0, 0.05) is 0 Å². The van der Waals surface area contributed by atoms with Gasteiger partial charge in [0.1, 0.15) is 24.6 Å². The fourth-order valence-electron chi connectivity index (χ4n) is 4.48. The molecule has 1 aromatic heterocycles. The first-order chi connectivity index (χ1) is 17.8. The minimum atomic E-state index is -0.332. The molecule has 0 bridgehead atoms. The minimum Gasteiger partial charge on any atom is -0.374 e. The van der Waals surface area contributed by atoms with Crippen LogP contribution in [0.4, 0.5) is 0 Å². The molecule has 0 saturated carbocycles. The summed E-state index contributed by atoms with van der Waals surface area (Å²) in [7, 11) is 2.00. The molecule has 1 aliphatic rings. The van der Waals surface area contributed by atoms with Crippen molar-refractivity contribution in [3.8, 4) is 0 Å². The van der Waals surface area contributed by atoms with Crippen LogP contribution in [0.25, 0.3) is 0 Å². The third-order valence-electron chi connectivity index (χ3n) is 6.33. The second-order valence-corrected chi connectivity index (χ2v) is 9.11. The van der Waals surface area contributed by atoms with Gasteiger partial charge in [-0.15, -0.1) is 0 Å². The summed E-state index contributed by atoms with van der Waals surface area (Å²) in [6.07, 6.45) is 4.78. The van der Waals surface area contributed by atoms with Crippen molar-refractivity contribution in [3.63, 3.8) is 0 Å². The molecular formula is C30H33N2O4+. The number of imidazole rings is 1. The van der Waals surface area contributed by atoms with Crippen molar-refractivity contribution in [2.75, 3.05) is 6.61 Å². The second-order valence-electron chi connectivity index (χ2n) is 9.11. The van der Waals surface area contributed by atoms with Gasteiger partial charge in [-0.2, -0.15) is 0 Å². The topological polar surface area (TPSA) is 45.7 Å². The van der Waals surface area contributed by atoms with E-state index in [2.05, 4.69) is 36.4 Å². The zero-order valence-electron chi connectivity index (χ0n) is 20.6. The molecule has 6 heteroatoms. The number of benzene rings is 3. The van der Waals surface area contributed by atoms with Crippen molar-refractivity contribution in [2.45, 2.75) is 44.4 Å². The predicted octanol–water partition coefficient (Wildman–Crippen LogP) is 4.60. The van der Waals surface area contributed by atoms with Crippen molar-refractivity contribution >= 4 is 0 Å². The highest BCUT2D eigenvalue weighted by atomic mass is 16.6. The summed E-state index contributed by atoms with van der Waals surface area (Å²) in [6.45, 7) is 1.87. The van der Waals surface area contributed by atoms with E-state index in [1.54, 1.807) is 0 Å². The Balaban J connectivity index is 1.35. The van der Waals surface area contributed by atoms with Crippen LogP contribution in [0.3, 0.4) is 0 Å². The van der Waals surface area contributed by atoms with E-state index in [-0.39, 0.29) is 24.5 Å². The highest BCUT2D eigenvalue weighted by Gasteiger charge is 2.49. The lowest BCUT2D eigenvalue weighted by Gasteiger charge is -2.24. The van der Waals surface area contributed by atoms with Crippen molar-refractivity contribution in [2.24, 2.45) is 7.05 Å². The van der Waals surface area contributed by atoms with Gasteiger partial charge >= 0.3 is 0 Å². The summed E-state index contributed by atoms with van der Waals surface area (Å²) in [5, 5.41) is 0. The molecule has 0 unspecified atom stereocenters. The van der Waals surface area contributed by atoms with E-state index in [0.717, 1.165) is 16.7 Å². The predicted molar refractivity (Wildman–Crippen MR) is 136 cm³/mol. The number of nitrogens with zero attached hydrogens (tertiary/aromatic N) is 2. The standard InChI is InChI=1S/C30H33N2O4/c1-31-17-18-32(23-31)30-29(35-21-26-15-9-4-10-16-26)28(34-20-25-13-7-3-8-14-25)27(36-30)22-33-19-24-11-5-2-6-12-24/h2-18,23,27-30H,19-22H2,1H3/q+1/t27-,28-,29-,30+/m1/s1. The van der Waals surface area contributed by atoms with Gasteiger partial charge in [-0.1, -0.05) is 91.0 Å². The van der Waals surface area contributed by atoms with E-state index < -0.39 is 0 Å². The lowest BCUT2D eigenvalue weighted by atomic mass is 10.1. The molecule has 4 atom stereocenters. The molecule has 0 amide bonds. The highest BCUT2D eigenvalue weighted by molar-refractivity contribution is 5.15. The van der Waals surface area contributed by atoms with Gasteiger partial charge in [0.05, 0.1) is 33.5 Å². The lowest BCUT2D eigenvalue weighted by molar-refractivity contribution is -0.671. The van der Waals surface area contributed by atoms with Gasteiger partial charge in [-0.3, -0.25) is 0 Å². The maximum atomic E-state index is 6.58. The number of ether oxygens (including phenoxy) is 4. The van der Waals surface area contributed by atoms with E-state index in [4.69, 9.17) is 18.9 Å². The summed E-state index contributed by atoms with van der Waals surface area (Å²) in [5.41, 5.74) is 3.35. The molecule has 0 spiro atoms. The Morgan fingerprint density at radius 1 is 0.722 bits per heavy atom. The Kier molecular flexibility index (Phi) is 8.20. The van der Waals surface area contributed by atoms with Gasteiger partial charge in [0.2, 0.25) is 12.6 Å². The largest absolute Gasteiger partial charge is 0.374 e. The Labute approximate surface area is 212 Å². The molecular weight excluding hydrogens is 452 g/mol. The van der Waals surface area contributed by atoms with Crippen LogP contribution < -0.4 is 4.57 Å². The molecule has 0 N–H and O–H groups in total. The molecule has 2 heterocycles. The van der Waals surface area contributed by atoms with Crippen LogP contribution in [-0.4, -0.2) is 29.5 Å². The second kappa shape index (κ2) is 12.1. The van der Waals surface area contributed by atoms with Gasteiger partial charge in [0.15, 0.2) is 6.10 Å². The van der Waals surface area contributed by atoms with Crippen molar-refractivity contribution in [1.29, 1.82) is 0 Å². The normalized spacial score (nSPS) is 21.6. The van der Waals surface area contributed by atoms with Crippen LogP contribution in [0.15, 0.2) is 110 Å². The molecule has 1 aliphatic heterocycles. The van der Waals surface area contributed by atoms with Gasteiger partial charge in [0.25, 0.3) is 0 Å². The zero-order valence-corrected chi connectivity index (χ0v) is 20.6. The number of hydrogen-bond donors (Lipinski definition) is 0. The Morgan fingerprint density at radius 2 is 1.25 bits per heavy atom. The molecule has 1 fully saturated rings. The first-order valence-corrected chi connectivity index (χ1v) is 12.4. The van der Waals surface area contributed by atoms with E-state index in [9.17, 15) is 0 Å². The third kappa shape index (κ3) is 6.28. The fraction of sp³-hybridized carbons (Fsp3) is 0.300. The van der Waals surface area contributed by atoms with E-state index in [1.807, 2.05) is 89.5 Å². The molecule has 4 aromatic rings. The first kappa shape index (κ1) is 24.4. The molecule has 1 saturated heterocycles. The van der Waals surface area contributed by atoms with Crippen molar-refractivity contribution in [1.82, 2.24) is 4.57 Å². The van der Waals surface area contributed by atoms with E-state index in [0.29, 0.717) is 26.4 Å². The first-order valence-electron chi connectivity index (χ1n) is 12.4. The quantitative estimate of drug-likeness (QED) is 0.292. The Morgan fingerprint density at radius 3 is 1.78 bits per heavy atom. The maximum Gasteiger partial charge on any atom is 0.245 e. The Bertz CT molecular complexity index is 1180. The molecule has 6 nitrogen and oxygen atoms in total. The summed E-state index contributed by atoms with van der Waals surface area (Å²) in [5.74, 6) is 0. The number of rotatable bonds is 11. The van der Waals surface area contributed by atoms with Gasteiger partial charge < -0.3 is 18.9 Å². The highest BCUT2D eigenvalue weighted by Crippen LogP contribution is 2.35. The Hall–Kier alpha value is -3.29. The smallest absolute Gasteiger partial charge is 0.245 e. The number of aromatic nitrogens is 2. The SMILES string of the molecule is C[n+]1ccn([C@H]2O[C@H](COCc3ccccc3)[C@@H](OCc3ccccc3)[C@H]2OCc2ccccc2)c1. The lowest BCUT2D eigenvalue weighted by Crippen LogP contribution is -2.38. The number of hydrogen-bond acceptors (Lipinski definition) is 4. The zero-order chi connectivity index (χ0) is 24.6. The van der Waals surface area contributed by atoms with Crippen LogP contribution in [0.1, 0.15) is 22.9 Å². The summed E-state index contributed by atoms with van der Waals surface area (Å²) >= 11 is 0. The molecule has 0 aliphatic carbocycles. The fourth-order valence-corrected chi connectivity index (χ4v) is 4.48. The van der Waals surface area contributed by atoms with Crippen molar-refractivity contribution < 1.29 is 23.5 Å². The van der Waals surface area contributed by atoms with Crippen LogP contribution in [0.2, 0.25) is 0 Å². The average Bonchev–Trinajstić information content (AvgIpc) is 3.51. The van der Waals surface area contributed by atoms with Crippen LogP contribution >= 0.6 is 0 Å². The molecule has 186 valence electrons.